The molecule has 0 aromatic carbocycles. The van der Waals surface area contributed by atoms with Crippen molar-refractivity contribution in [1.29, 1.82) is 0 Å². The second-order valence-corrected chi connectivity index (χ2v) is 17.6. The van der Waals surface area contributed by atoms with Gasteiger partial charge in [-0.05, 0) is 87.5 Å². The SMILES string of the molecule is CC(C)(C)NC(=O)CCC(C(=O)NC(C)(C)C(C(=O)NCCCn1ccnc1)C(=O)NC(C)(C)C)C(C)(C)N1C(=O)CC(C(C)(C)C)C1=O. The Labute approximate surface area is 292 Å². The third-order valence-electron chi connectivity index (χ3n) is 8.75. The number of likely N-dealkylation sites (tertiary alicyclic amines) is 1. The number of rotatable bonds is 14. The lowest BCUT2D eigenvalue weighted by molar-refractivity contribution is -0.151. The van der Waals surface area contributed by atoms with Crippen LogP contribution in [0.4, 0.5) is 0 Å². The summed E-state index contributed by atoms with van der Waals surface area (Å²) in [5.41, 5.74) is -4.41. The van der Waals surface area contributed by atoms with E-state index in [0.29, 0.717) is 13.0 Å². The van der Waals surface area contributed by atoms with Gasteiger partial charge in [0.05, 0.1) is 29.2 Å². The number of hydrogen-bond donors (Lipinski definition) is 4. The van der Waals surface area contributed by atoms with Gasteiger partial charge < -0.3 is 25.8 Å². The summed E-state index contributed by atoms with van der Waals surface area (Å²) >= 11 is 0. The number of nitrogens with zero attached hydrogens (tertiary/aromatic N) is 3. The minimum Gasteiger partial charge on any atom is -0.355 e. The molecule has 2 rings (SSSR count). The largest absolute Gasteiger partial charge is 0.355 e. The predicted molar refractivity (Wildman–Crippen MR) is 188 cm³/mol. The average molecular weight is 688 g/mol. The first-order chi connectivity index (χ1) is 22.2. The van der Waals surface area contributed by atoms with Crippen LogP contribution < -0.4 is 21.3 Å². The van der Waals surface area contributed by atoms with Crippen molar-refractivity contribution in [1.82, 2.24) is 35.7 Å². The molecule has 3 atom stereocenters. The predicted octanol–water partition coefficient (Wildman–Crippen LogP) is 3.33. The van der Waals surface area contributed by atoms with Crippen molar-refractivity contribution in [3.8, 4) is 0 Å². The number of aromatic nitrogens is 2. The van der Waals surface area contributed by atoms with Crippen LogP contribution in [0.15, 0.2) is 18.7 Å². The van der Waals surface area contributed by atoms with E-state index in [1.165, 1.54) is 4.90 Å². The summed E-state index contributed by atoms with van der Waals surface area (Å²) in [6.07, 6.45) is 5.72. The monoisotopic (exact) mass is 687 g/mol. The molecule has 1 aliphatic rings. The number of imide groups is 1. The summed E-state index contributed by atoms with van der Waals surface area (Å²) < 4.78 is 1.88. The number of hydrogen-bond acceptors (Lipinski definition) is 7. The fourth-order valence-corrected chi connectivity index (χ4v) is 6.32. The average Bonchev–Trinajstić information content (AvgIpc) is 3.51. The normalized spacial score (nSPS) is 17.4. The molecule has 13 heteroatoms. The number of imidazole rings is 1. The van der Waals surface area contributed by atoms with E-state index in [1.807, 2.05) is 52.3 Å². The molecule has 13 nitrogen and oxygen atoms in total. The Bertz CT molecular complexity index is 1360. The molecule has 0 saturated carbocycles. The summed E-state index contributed by atoms with van der Waals surface area (Å²) in [5.74, 6) is -5.69. The smallest absolute Gasteiger partial charge is 0.235 e. The molecule has 0 aliphatic carbocycles. The molecule has 276 valence electrons. The van der Waals surface area contributed by atoms with Crippen molar-refractivity contribution in [3.05, 3.63) is 18.7 Å². The van der Waals surface area contributed by atoms with E-state index < -0.39 is 63.0 Å². The van der Waals surface area contributed by atoms with Gasteiger partial charge in [0.25, 0.3) is 0 Å². The van der Waals surface area contributed by atoms with Crippen LogP contribution in [0.1, 0.15) is 116 Å². The third-order valence-corrected chi connectivity index (χ3v) is 8.75. The van der Waals surface area contributed by atoms with E-state index in [2.05, 4.69) is 26.3 Å². The van der Waals surface area contributed by atoms with E-state index in [-0.39, 0.29) is 43.5 Å². The second kappa shape index (κ2) is 15.4. The number of carbonyl (C=O) groups excluding carboxylic acids is 6. The first kappa shape index (κ1) is 41.4. The Morgan fingerprint density at radius 1 is 0.837 bits per heavy atom. The topological polar surface area (TPSA) is 172 Å². The zero-order valence-corrected chi connectivity index (χ0v) is 32.0. The van der Waals surface area contributed by atoms with Crippen molar-refractivity contribution in [2.45, 2.75) is 144 Å². The minimum atomic E-state index is -1.42. The molecular weight excluding hydrogens is 626 g/mol. The van der Waals surface area contributed by atoms with Crippen LogP contribution in [0.25, 0.3) is 0 Å². The van der Waals surface area contributed by atoms with Crippen LogP contribution in [0, 0.1) is 23.2 Å². The molecule has 3 unspecified atom stereocenters. The Morgan fingerprint density at radius 2 is 1.43 bits per heavy atom. The van der Waals surface area contributed by atoms with Crippen molar-refractivity contribution in [2.24, 2.45) is 23.2 Å². The molecule has 49 heavy (non-hydrogen) atoms. The van der Waals surface area contributed by atoms with Gasteiger partial charge in [-0.3, -0.25) is 33.7 Å². The van der Waals surface area contributed by atoms with Crippen molar-refractivity contribution >= 4 is 35.4 Å². The van der Waals surface area contributed by atoms with Crippen LogP contribution in [-0.4, -0.2) is 78.6 Å². The van der Waals surface area contributed by atoms with Crippen molar-refractivity contribution in [3.63, 3.8) is 0 Å². The first-order valence-corrected chi connectivity index (χ1v) is 17.2. The van der Waals surface area contributed by atoms with Gasteiger partial charge in [0.1, 0.15) is 5.92 Å². The molecule has 0 bridgehead atoms. The first-order valence-electron chi connectivity index (χ1n) is 17.2. The van der Waals surface area contributed by atoms with E-state index in [4.69, 9.17) is 0 Å². The zero-order chi connectivity index (χ0) is 37.8. The number of aryl methyl sites for hydroxylation is 1. The molecule has 2 heterocycles. The van der Waals surface area contributed by atoms with Crippen LogP contribution in [0.2, 0.25) is 0 Å². The summed E-state index contributed by atoms with van der Waals surface area (Å²) in [6, 6.07) is 0. The van der Waals surface area contributed by atoms with Gasteiger partial charge in [-0.25, -0.2) is 4.98 Å². The van der Waals surface area contributed by atoms with Crippen molar-refractivity contribution in [2.75, 3.05) is 6.54 Å². The van der Waals surface area contributed by atoms with E-state index in [1.54, 1.807) is 61.0 Å². The van der Waals surface area contributed by atoms with Crippen LogP contribution in [0.3, 0.4) is 0 Å². The zero-order valence-electron chi connectivity index (χ0n) is 32.0. The van der Waals surface area contributed by atoms with Gasteiger partial charge >= 0.3 is 0 Å². The highest BCUT2D eigenvalue weighted by Gasteiger charge is 2.54. The number of nitrogens with one attached hydrogen (secondary N) is 4. The Morgan fingerprint density at radius 3 is 1.92 bits per heavy atom. The summed E-state index contributed by atoms with van der Waals surface area (Å²) in [5, 5.41) is 11.6. The van der Waals surface area contributed by atoms with Crippen LogP contribution in [-0.2, 0) is 35.3 Å². The van der Waals surface area contributed by atoms with Gasteiger partial charge in [0.2, 0.25) is 35.4 Å². The molecule has 1 aliphatic heterocycles. The lowest BCUT2D eigenvalue weighted by Gasteiger charge is -2.43. The highest BCUT2D eigenvalue weighted by atomic mass is 16.2. The van der Waals surface area contributed by atoms with E-state index in [9.17, 15) is 28.8 Å². The maximum absolute atomic E-state index is 14.4. The minimum absolute atomic E-state index is 0.00731. The number of amides is 6. The Balaban J connectivity index is 2.44. The van der Waals surface area contributed by atoms with Crippen LogP contribution in [0.5, 0.6) is 0 Å². The molecule has 4 N–H and O–H groups in total. The van der Waals surface area contributed by atoms with Crippen molar-refractivity contribution < 1.29 is 28.8 Å². The molecule has 1 fully saturated rings. The highest BCUT2D eigenvalue weighted by Crippen LogP contribution is 2.41. The molecule has 6 amide bonds. The summed E-state index contributed by atoms with van der Waals surface area (Å²) in [4.78, 5) is 87.2. The molecular formula is C36H61N7O6. The van der Waals surface area contributed by atoms with Gasteiger partial charge in [-0.2, -0.15) is 0 Å². The molecule has 0 radical (unpaired) electrons. The maximum Gasteiger partial charge on any atom is 0.235 e. The van der Waals surface area contributed by atoms with Gasteiger partial charge in [-0.15, -0.1) is 0 Å². The lowest BCUT2D eigenvalue weighted by atomic mass is 9.78. The van der Waals surface area contributed by atoms with Gasteiger partial charge in [0, 0.05) is 49.4 Å². The van der Waals surface area contributed by atoms with Gasteiger partial charge in [0.15, 0.2) is 0 Å². The molecule has 1 aromatic rings. The standard InChI is InChI=1S/C36H61N7O6/c1-32(2,3)24-21-26(45)43(31(24)49)36(12,13)23(15-16-25(44)39-33(4,5)6)28(46)41-35(10,11)27(30(48)40-34(7,8)9)29(47)38-17-14-19-42-20-18-37-22-42/h18,20,22-24,27H,14-17,19,21H2,1-13H3,(H,38,47)(H,39,44)(H,40,48)(H,41,46). The fraction of sp³-hybridized carbons (Fsp3) is 0.750. The van der Waals surface area contributed by atoms with Gasteiger partial charge in [-0.1, -0.05) is 20.8 Å². The molecule has 0 spiro atoms. The quantitative estimate of drug-likeness (QED) is 0.132. The third kappa shape index (κ3) is 11.7. The maximum atomic E-state index is 14.4. The highest BCUT2D eigenvalue weighted by molar-refractivity contribution is 6.05. The Kier molecular flexibility index (Phi) is 13.0. The summed E-state index contributed by atoms with van der Waals surface area (Å²) in [6.45, 7) is 24.0. The summed E-state index contributed by atoms with van der Waals surface area (Å²) in [7, 11) is 0. The second-order valence-electron chi connectivity index (χ2n) is 17.6. The molecule has 1 saturated heterocycles. The van der Waals surface area contributed by atoms with E-state index >= 15 is 0 Å². The number of carbonyl (C=O) groups is 6. The van der Waals surface area contributed by atoms with Crippen LogP contribution >= 0.6 is 0 Å². The molecule has 1 aromatic heterocycles. The lowest BCUT2D eigenvalue weighted by Crippen LogP contribution is -2.64. The van der Waals surface area contributed by atoms with E-state index in [0.717, 1.165) is 0 Å². The Hall–Kier alpha value is -3.77. The fourth-order valence-electron chi connectivity index (χ4n) is 6.32.